The van der Waals surface area contributed by atoms with Crippen LogP contribution < -0.4 is 5.69 Å². The molecule has 8 nitrogen and oxygen atoms in total. The van der Waals surface area contributed by atoms with Crippen LogP contribution in [0.25, 0.3) is 5.69 Å². The summed E-state index contributed by atoms with van der Waals surface area (Å²) in [5, 5.41) is 7.54. The monoisotopic (exact) mass is 318 g/mol. The Labute approximate surface area is 119 Å². The van der Waals surface area contributed by atoms with E-state index in [1.807, 2.05) is 0 Å². The minimum absolute atomic E-state index is 0.267. The summed E-state index contributed by atoms with van der Waals surface area (Å²) in [5.74, 6) is 0. The molecule has 0 aliphatic rings. The normalized spacial score (nSPS) is 11.8. The van der Waals surface area contributed by atoms with Crippen LogP contribution in [0.5, 0.6) is 0 Å². The number of rotatable bonds is 4. The number of nitrogens with zero attached hydrogens (tertiary/aromatic N) is 4. The summed E-state index contributed by atoms with van der Waals surface area (Å²) in [5.41, 5.74) is 0.175. The average molecular weight is 319 g/mol. The lowest BCUT2D eigenvalue weighted by molar-refractivity contribution is 0.311. The lowest BCUT2D eigenvalue weighted by Crippen LogP contribution is -2.23. The number of hydrogen-bond donors (Lipinski definition) is 0. The molecule has 10 heteroatoms. The molecular weight excluding hydrogens is 308 g/mol. The Morgan fingerprint density at radius 2 is 2.05 bits per heavy atom. The first-order valence-corrected chi connectivity index (χ1v) is 7.60. The number of halogens is 1. The first-order valence-electron chi connectivity index (χ1n) is 5.41. The van der Waals surface area contributed by atoms with Gasteiger partial charge in [-0.25, -0.2) is 4.79 Å². The molecule has 0 fully saturated rings. The van der Waals surface area contributed by atoms with Crippen molar-refractivity contribution in [2.75, 3.05) is 6.26 Å². The molecule has 0 bridgehead atoms. The fraction of sp³-hybridized carbons (Fsp3) is 0.300. The predicted molar refractivity (Wildman–Crippen MR) is 71.2 cm³/mol. The Hall–Kier alpha value is -1.71. The molecule has 0 atom stereocenters. The molecule has 0 aliphatic heterocycles. The van der Waals surface area contributed by atoms with Crippen molar-refractivity contribution < 1.29 is 12.6 Å². The van der Waals surface area contributed by atoms with E-state index in [9.17, 15) is 13.2 Å². The van der Waals surface area contributed by atoms with Crippen molar-refractivity contribution >= 4 is 21.7 Å². The maximum atomic E-state index is 11.8. The molecule has 1 heterocycles. The summed E-state index contributed by atoms with van der Waals surface area (Å²) in [6.45, 7) is -0.295. The van der Waals surface area contributed by atoms with Crippen LogP contribution in [-0.2, 0) is 28.0 Å². The van der Waals surface area contributed by atoms with Crippen molar-refractivity contribution in [1.82, 2.24) is 19.8 Å². The summed E-state index contributed by atoms with van der Waals surface area (Å²) in [6, 6.07) is 4.75. The molecule has 0 amide bonds. The zero-order chi connectivity index (χ0) is 14.9. The van der Waals surface area contributed by atoms with Crippen molar-refractivity contribution in [1.29, 1.82) is 0 Å². The molecule has 0 spiro atoms. The molecular formula is C10H11ClN4O4S. The van der Waals surface area contributed by atoms with Gasteiger partial charge in [0, 0.05) is 17.6 Å². The van der Waals surface area contributed by atoms with E-state index in [2.05, 4.69) is 10.4 Å². The van der Waals surface area contributed by atoms with Crippen molar-refractivity contribution in [3.63, 3.8) is 0 Å². The molecule has 2 aromatic rings. The van der Waals surface area contributed by atoms with E-state index in [1.54, 1.807) is 18.2 Å². The van der Waals surface area contributed by atoms with Crippen LogP contribution in [0.3, 0.4) is 0 Å². The molecule has 20 heavy (non-hydrogen) atoms. The molecule has 0 radical (unpaired) electrons. The van der Waals surface area contributed by atoms with E-state index in [4.69, 9.17) is 15.8 Å². The van der Waals surface area contributed by atoms with Crippen molar-refractivity contribution in [2.24, 2.45) is 7.05 Å². The Balaban J connectivity index is 2.52. The largest absolute Gasteiger partial charge is 0.368 e. The van der Waals surface area contributed by atoms with Crippen LogP contribution in [-0.4, -0.2) is 34.5 Å². The molecule has 108 valence electrons. The van der Waals surface area contributed by atoms with Crippen LogP contribution in [0.1, 0.15) is 5.56 Å². The molecule has 0 N–H and O–H groups in total. The van der Waals surface area contributed by atoms with E-state index in [0.717, 1.165) is 15.6 Å². The van der Waals surface area contributed by atoms with Crippen LogP contribution in [0.4, 0.5) is 0 Å². The number of tetrazole rings is 1. The number of aryl methyl sites for hydroxylation is 1. The van der Waals surface area contributed by atoms with Gasteiger partial charge in [-0.15, -0.1) is 0 Å². The fourth-order valence-electron chi connectivity index (χ4n) is 1.52. The Kier molecular flexibility index (Phi) is 3.93. The van der Waals surface area contributed by atoms with Crippen molar-refractivity contribution in [2.45, 2.75) is 6.61 Å². The van der Waals surface area contributed by atoms with Gasteiger partial charge in [-0.05, 0) is 22.6 Å². The van der Waals surface area contributed by atoms with Gasteiger partial charge in [0.25, 0.3) is 10.1 Å². The van der Waals surface area contributed by atoms with E-state index >= 15 is 0 Å². The number of benzene rings is 1. The zero-order valence-electron chi connectivity index (χ0n) is 10.6. The topological polar surface area (TPSA) is 96.1 Å². The molecule has 0 saturated carbocycles. The summed E-state index contributed by atoms with van der Waals surface area (Å²) in [6.07, 6.45) is 0.929. The van der Waals surface area contributed by atoms with Gasteiger partial charge >= 0.3 is 5.69 Å². The Bertz CT molecular complexity index is 796. The van der Waals surface area contributed by atoms with Crippen molar-refractivity contribution in [3.05, 3.63) is 39.3 Å². The van der Waals surface area contributed by atoms with Gasteiger partial charge in [-0.3, -0.25) is 4.18 Å². The van der Waals surface area contributed by atoms with E-state index < -0.39 is 15.8 Å². The highest BCUT2D eigenvalue weighted by Gasteiger charge is 2.15. The standard InChI is InChI=1S/C10H11ClN4O4S/c1-14-10(16)15(13-12-14)9-5-3-4-8(11)7(9)6-19-20(2,17)18/h3-5H,6H2,1-2H3. The zero-order valence-corrected chi connectivity index (χ0v) is 12.2. The first kappa shape index (κ1) is 14.7. The molecule has 0 unspecified atom stereocenters. The smallest absolute Gasteiger partial charge is 0.265 e. The summed E-state index contributed by atoms with van der Waals surface area (Å²) in [7, 11) is -2.18. The summed E-state index contributed by atoms with van der Waals surface area (Å²) < 4.78 is 28.9. The third kappa shape index (κ3) is 3.06. The van der Waals surface area contributed by atoms with Gasteiger partial charge in [-0.2, -0.15) is 17.8 Å². The highest BCUT2D eigenvalue weighted by molar-refractivity contribution is 7.85. The maximum absolute atomic E-state index is 11.8. The highest BCUT2D eigenvalue weighted by atomic mass is 35.5. The number of hydrogen-bond acceptors (Lipinski definition) is 6. The molecule has 0 saturated heterocycles. The van der Waals surface area contributed by atoms with Gasteiger partial charge in [-0.1, -0.05) is 17.7 Å². The molecule has 1 aromatic carbocycles. The lowest BCUT2D eigenvalue weighted by Gasteiger charge is -2.09. The quantitative estimate of drug-likeness (QED) is 0.742. The van der Waals surface area contributed by atoms with Gasteiger partial charge in [0.05, 0.1) is 18.6 Å². The van der Waals surface area contributed by atoms with Crippen molar-refractivity contribution in [3.8, 4) is 5.69 Å². The second-order valence-electron chi connectivity index (χ2n) is 4.00. The average Bonchev–Trinajstić information content (AvgIpc) is 2.67. The molecule has 0 aliphatic carbocycles. The fourth-order valence-corrected chi connectivity index (χ4v) is 2.08. The third-order valence-electron chi connectivity index (χ3n) is 2.46. The Morgan fingerprint density at radius 1 is 1.35 bits per heavy atom. The second kappa shape index (κ2) is 5.35. The van der Waals surface area contributed by atoms with Gasteiger partial charge in [0.2, 0.25) is 0 Å². The molecule has 1 aromatic heterocycles. The summed E-state index contributed by atoms with van der Waals surface area (Å²) in [4.78, 5) is 11.8. The van der Waals surface area contributed by atoms with Gasteiger partial charge < -0.3 is 0 Å². The predicted octanol–water partition coefficient (Wildman–Crippen LogP) is 0.0956. The SMILES string of the molecule is Cn1nnn(-c2cccc(Cl)c2COS(C)(=O)=O)c1=O. The molecule has 2 rings (SSSR count). The van der Waals surface area contributed by atoms with Gasteiger partial charge in [0.1, 0.15) is 0 Å². The summed E-state index contributed by atoms with van der Waals surface area (Å²) >= 11 is 6.02. The van der Waals surface area contributed by atoms with Crippen LogP contribution in [0.15, 0.2) is 23.0 Å². The minimum Gasteiger partial charge on any atom is -0.265 e. The first-order chi connectivity index (χ1) is 9.29. The maximum Gasteiger partial charge on any atom is 0.368 e. The highest BCUT2D eigenvalue weighted by Crippen LogP contribution is 2.23. The van der Waals surface area contributed by atoms with Gasteiger partial charge in [0.15, 0.2) is 0 Å². The van der Waals surface area contributed by atoms with Crippen LogP contribution >= 0.6 is 11.6 Å². The van der Waals surface area contributed by atoms with E-state index in [-0.39, 0.29) is 11.6 Å². The van der Waals surface area contributed by atoms with E-state index in [0.29, 0.717) is 11.3 Å². The van der Waals surface area contributed by atoms with E-state index in [1.165, 1.54) is 7.05 Å². The number of aromatic nitrogens is 4. The lowest BCUT2D eigenvalue weighted by atomic mass is 10.2. The van der Waals surface area contributed by atoms with Crippen LogP contribution in [0, 0.1) is 0 Å². The second-order valence-corrected chi connectivity index (χ2v) is 6.05. The Morgan fingerprint density at radius 3 is 2.60 bits per heavy atom. The minimum atomic E-state index is -3.63. The third-order valence-corrected chi connectivity index (χ3v) is 3.36. The van der Waals surface area contributed by atoms with Crippen LogP contribution in [0.2, 0.25) is 5.02 Å².